The lowest BCUT2D eigenvalue weighted by Crippen LogP contribution is -2.33. The summed E-state index contributed by atoms with van der Waals surface area (Å²) in [7, 11) is 0. The van der Waals surface area contributed by atoms with Crippen LogP contribution >= 0.6 is 28.3 Å². The maximum Gasteiger partial charge on any atom is 0.238 e. The molecule has 2 aliphatic heterocycles. The number of carbonyl (C=O) groups is 1. The lowest BCUT2D eigenvalue weighted by Gasteiger charge is -2.17. The van der Waals surface area contributed by atoms with E-state index < -0.39 is 0 Å². The first-order chi connectivity index (χ1) is 9.61. The zero-order chi connectivity index (χ0) is 14.1. The third-order valence-corrected chi connectivity index (χ3v) is 4.89. The molecule has 0 unspecified atom stereocenters. The number of aryl methyl sites for hydroxylation is 1. The second kappa shape index (κ2) is 7.09. The molecule has 6 heteroatoms. The Kier molecular flexibility index (Phi) is 5.66. The van der Waals surface area contributed by atoms with E-state index in [0.717, 1.165) is 48.2 Å². The van der Waals surface area contributed by atoms with Crippen molar-refractivity contribution in [2.75, 3.05) is 38.0 Å². The highest BCUT2D eigenvalue weighted by Crippen LogP contribution is 2.26. The molecule has 1 aromatic rings. The van der Waals surface area contributed by atoms with Gasteiger partial charge >= 0.3 is 0 Å². The van der Waals surface area contributed by atoms with Crippen LogP contribution in [0.4, 0.5) is 5.69 Å². The van der Waals surface area contributed by atoms with Crippen LogP contribution in [-0.4, -0.2) is 43.5 Å². The summed E-state index contributed by atoms with van der Waals surface area (Å²) in [5, 5.41) is 6.40. The summed E-state index contributed by atoms with van der Waals surface area (Å²) in [4.78, 5) is 14.4. The molecular formula is C15H21BrClN3O. The number of likely N-dealkylation sites (tertiary alicyclic amines) is 1. The summed E-state index contributed by atoms with van der Waals surface area (Å²) >= 11 is 3.49. The van der Waals surface area contributed by atoms with Gasteiger partial charge in [0.1, 0.15) is 0 Å². The molecule has 2 heterocycles. The van der Waals surface area contributed by atoms with Gasteiger partial charge in [0.25, 0.3) is 0 Å². The molecule has 21 heavy (non-hydrogen) atoms. The fourth-order valence-electron chi connectivity index (χ4n) is 3.20. The van der Waals surface area contributed by atoms with E-state index in [1.165, 1.54) is 5.56 Å². The molecule has 0 spiro atoms. The average molecular weight is 375 g/mol. The van der Waals surface area contributed by atoms with Gasteiger partial charge in [-0.2, -0.15) is 0 Å². The summed E-state index contributed by atoms with van der Waals surface area (Å²) < 4.78 is 0.938. The van der Waals surface area contributed by atoms with Crippen LogP contribution in [0.3, 0.4) is 0 Å². The predicted octanol–water partition coefficient (Wildman–Crippen LogP) is 2.27. The van der Waals surface area contributed by atoms with Crippen molar-refractivity contribution in [3.8, 4) is 0 Å². The predicted molar refractivity (Wildman–Crippen MR) is 91.0 cm³/mol. The number of anilines is 1. The molecular weight excluding hydrogens is 354 g/mol. The quantitative estimate of drug-likeness (QED) is 0.853. The van der Waals surface area contributed by atoms with Gasteiger partial charge in [-0.25, -0.2) is 0 Å². The largest absolute Gasteiger partial charge is 0.324 e. The molecule has 2 saturated heterocycles. The van der Waals surface area contributed by atoms with Crippen molar-refractivity contribution in [1.82, 2.24) is 10.2 Å². The molecule has 0 radical (unpaired) electrons. The minimum Gasteiger partial charge on any atom is -0.324 e. The number of hydrogen-bond donors (Lipinski definition) is 2. The Morgan fingerprint density at radius 3 is 2.67 bits per heavy atom. The lowest BCUT2D eigenvalue weighted by atomic mass is 10.0. The summed E-state index contributed by atoms with van der Waals surface area (Å²) in [5.74, 6) is 1.53. The number of carbonyl (C=O) groups excluding carboxylic acids is 1. The molecule has 2 aliphatic rings. The van der Waals surface area contributed by atoms with Crippen molar-refractivity contribution in [2.24, 2.45) is 11.8 Å². The maximum atomic E-state index is 12.1. The number of nitrogens with zero attached hydrogens (tertiary/aromatic N) is 1. The Hall–Kier alpha value is -0.620. The van der Waals surface area contributed by atoms with Gasteiger partial charge in [-0.3, -0.25) is 9.69 Å². The van der Waals surface area contributed by atoms with E-state index in [0.29, 0.717) is 6.54 Å². The Morgan fingerprint density at radius 2 is 2.05 bits per heavy atom. The Bertz CT molecular complexity index is 514. The van der Waals surface area contributed by atoms with Crippen LogP contribution in [0.25, 0.3) is 0 Å². The SMILES string of the molecule is Cc1ccc(NC(=O)CN2C[C@H]3CNC[C@H]3C2)c(Br)c1.Cl. The molecule has 3 rings (SSSR count). The highest BCUT2D eigenvalue weighted by atomic mass is 79.9. The van der Waals surface area contributed by atoms with Crippen molar-refractivity contribution >= 4 is 39.9 Å². The van der Waals surface area contributed by atoms with Crippen LogP contribution in [0.5, 0.6) is 0 Å². The highest BCUT2D eigenvalue weighted by molar-refractivity contribution is 9.10. The summed E-state index contributed by atoms with van der Waals surface area (Å²) in [6, 6.07) is 5.97. The smallest absolute Gasteiger partial charge is 0.238 e. The molecule has 2 fully saturated rings. The number of hydrogen-bond acceptors (Lipinski definition) is 3. The van der Waals surface area contributed by atoms with Crippen molar-refractivity contribution in [1.29, 1.82) is 0 Å². The molecule has 0 aliphatic carbocycles. The van der Waals surface area contributed by atoms with E-state index in [1.807, 2.05) is 25.1 Å². The van der Waals surface area contributed by atoms with Crippen LogP contribution in [0.2, 0.25) is 0 Å². The van der Waals surface area contributed by atoms with Crippen molar-refractivity contribution < 1.29 is 4.79 Å². The zero-order valence-corrected chi connectivity index (χ0v) is 14.5. The molecule has 116 valence electrons. The van der Waals surface area contributed by atoms with Gasteiger partial charge in [0.15, 0.2) is 0 Å². The van der Waals surface area contributed by atoms with E-state index >= 15 is 0 Å². The van der Waals surface area contributed by atoms with E-state index in [9.17, 15) is 4.79 Å². The third-order valence-electron chi connectivity index (χ3n) is 4.23. The van der Waals surface area contributed by atoms with Crippen LogP contribution in [0.15, 0.2) is 22.7 Å². The number of nitrogens with one attached hydrogen (secondary N) is 2. The second-order valence-electron chi connectivity index (χ2n) is 5.90. The maximum absolute atomic E-state index is 12.1. The molecule has 2 atom stereocenters. The first-order valence-electron chi connectivity index (χ1n) is 7.11. The Labute approximate surface area is 140 Å². The molecule has 4 nitrogen and oxygen atoms in total. The van der Waals surface area contributed by atoms with Gasteiger partial charge in [0.2, 0.25) is 5.91 Å². The average Bonchev–Trinajstić information content (AvgIpc) is 2.93. The first-order valence-corrected chi connectivity index (χ1v) is 7.90. The van der Waals surface area contributed by atoms with Crippen LogP contribution in [0.1, 0.15) is 5.56 Å². The molecule has 0 aromatic heterocycles. The minimum absolute atomic E-state index is 0. The molecule has 1 amide bonds. The highest BCUT2D eigenvalue weighted by Gasteiger charge is 2.36. The second-order valence-corrected chi connectivity index (χ2v) is 6.76. The first kappa shape index (κ1) is 16.7. The van der Waals surface area contributed by atoms with Crippen molar-refractivity contribution in [3.05, 3.63) is 28.2 Å². The van der Waals surface area contributed by atoms with E-state index in [-0.39, 0.29) is 18.3 Å². The number of fused-ring (bicyclic) bond motifs is 1. The third kappa shape index (κ3) is 3.97. The zero-order valence-electron chi connectivity index (χ0n) is 12.1. The van der Waals surface area contributed by atoms with Crippen LogP contribution < -0.4 is 10.6 Å². The minimum atomic E-state index is 0. The summed E-state index contributed by atoms with van der Waals surface area (Å²) in [6.45, 7) is 6.82. The number of amides is 1. The van der Waals surface area contributed by atoms with Gasteiger partial charge in [-0.05, 0) is 65.5 Å². The van der Waals surface area contributed by atoms with Gasteiger partial charge < -0.3 is 10.6 Å². The molecule has 0 saturated carbocycles. The van der Waals surface area contributed by atoms with Gasteiger partial charge in [0.05, 0.1) is 12.2 Å². The lowest BCUT2D eigenvalue weighted by molar-refractivity contribution is -0.117. The Balaban J connectivity index is 0.00000161. The van der Waals surface area contributed by atoms with E-state index in [2.05, 4.69) is 31.5 Å². The number of halogens is 2. The van der Waals surface area contributed by atoms with Crippen LogP contribution in [0, 0.1) is 18.8 Å². The molecule has 2 N–H and O–H groups in total. The van der Waals surface area contributed by atoms with Gasteiger partial charge in [-0.15, -0.1) is 12.4 Å². The van der Waals surface area contributed by atoms with Gasteiger partial charge in [-0.1, -0.05) is 6.07 Å². The summed E-state index contributed by atoms with van der Waals surface area (Å²) in [5.41, 5.74) is 2.02. The molecule has 0 bridgehead atoms. The fraction of sp³-hybridized carbons (Fsp3) is 0.533. The van der Waals surface area contributed by atoms with Crippen LogP contribution in [-0.2, 0) is 4.79 Å². The topological polar surface area (TPSA) is 44.4 Å². The Morgan fingerprint density at radius 1 is 1.38 bits per heavy atom. The number of benzene rings is 1. The van der Waals surface area contributed by atoms with E-state index in [1.54, 1.807) is 0 Å². The monoisotopic (exact) mass is 373 g/mol. The normalized spacial score (nSPS) is 24.5. The molecule has 1 aromatic carbocycles. The van der Waals surface area contributed by atoms with Crippen molar-refractivity contribution in [2.45, 2.75) is 6.92 Å². The standard InChI is InChI=1S/C15H20BrN3O.ClH/c1-10-2-3-14(13(16)4-10)18-15(20)9-19-7-11-5-17-6-12(11)8-19;/h2-4,11-12,17H,5-9H2,1H3,(H,18,20);1H/t11-,12+;. The van der Waals surface area contributed by atoms with Crippen molar-refractivity contribution in [3.63, 3.8) is 0 Å². The summed E-state index contributed by atoms with van der Waals surface area (Å²) in [6.07, 6.45) is 0. The fourth-order valence-corrected chi connectivity index (χ4v) is 3.79. The number of rotatable bonds is 3. The van der Waals surface area contributed by atoms with Gasteiger partial charge in [0, 0.05) is 17.6 Å². The van der Waals surface area contributed by atoms with E-state index in [4.69, 9.17) is 0 Å².